The van der Waals surface area contributed by atoms with E-state index < -0.39 is 13.0 Å². The summed E-state index contributed by atoms with van der Waals surface area (Å²) in [5.74, 6) is 0.534. The molecule has 0 saturated carbocycles. The lowest BCUT2D eigenvalue weighted by Crippen LogP contribution is -2.10. The maximum Gasteiger partial charge on any atom is 0.261 e. The van der Waals surface area contributed by atoms with Crippen LogP contribution in [0, 0.1) is 6.92 Å². The van der Waals surface area contributed by atoms with Crippen LogP contribution in [0.15, 0.2) is 0 Å². The summed E-state index contributed by atoms with van der Waals surface area (Å²) in [6, 6.07) is 0. The van der Waals surface area contributed by atoms with E-state index in [0.29, 0.717) is 17.4 Å². The van der Waals surface area contributed by atoms with E-state index in [2.05, 4.69) is 9.97 Å². The Bertz CT molecular complexity index is 375. The molecule has 0 aliphatic carbocycles. The standard InChI is InChI=1S/C11H15ClF2N2O/c1-3-8-7(2)11(12)16-10(15-8)4-5-17-6-9(13)14/h9H,3-6H2,1-2H3. The predicted octanol–water partition coefficient (Wildman–Crippen LogP) is 2.83. The quantitative estimate of drug-likeness (QED) is 0.585. The minimum absolute atomic E-state index is 0.173. The van der Waals surface area contributed by atoms with E-state index in [1.807, 2.05) is 13.8 Å². The number of hydrogen-bond acceptors (Lipinski definition) is 3. The Hall–Kier alpha value is -0.810. The number of nitrogens with zero attached hydrogens (tertiary/aromatic N) is 2. The van der Waals surface area contributed by atoms with Gasteiger partial charge in [-0.3, -0.25) is 0 Å². The van der Waals surface area contributed by atoms with Crippen LogP contribution in [-0.2, 0) is 17.6 Å². The highest BCUT2D eigenvalue weighted by Gasteiger charge is 2.08. The molecule has 96 valence electrons. The predicted molar refractivity (Wildman–Crippen MR) is 61.7 cm³/mol. The molecule has 3 nitrogen and oxygen atoms in total. The smallest absolute Gasteiger partial charge is 0.261 e. The van der Waals surface area contributed by atoms with Gasteiger partial charge in [0.25, 0.3) is 6.43 Å². The van der Waals surface area contributed by atoms with Crippen molar-refractivity contribution < 1.29 is 13.5 Å². The van der Waals surface area contributed by atoms with Crippen LogP contribution in [0.4, 0.5) is 8.78 Å². The summed E-state index contributed by atoms with van der Waals surface area (Å²) in [5.41, 5.74) is 1.75. The number of hydrogen-bond donors (Lipinski definition) is 0. The summed E-state index contributed by atoms with van der Waals surface area (Å²) >= 11 is 5.95. The molecule has 0 aliphatic rings. The highest BCUT2D eigenvalue weighted by atomic mass is 35.5. The first-order valence-electron chi connectivity index (χ1n) is 5.42. The molecule has 1 heterocycles. The molecule has 0 radical (unpaired) electrons. The van der Waals surface area contributed by atoms with Crippen LogP contribution >= 0.6 is 11.6 Å². The number of alkyl halides is 2. The highest BCUT2D eigenvalue weighted by Crippen LogP contribution is 2.16. The van der Waals surface area contributed by atoms with Crippen molar-refractivity contribution >= 4 is 11.6 Å². The van der Waals surface area contributed by atoms with E-state index in [0.717, 1.165) is 17.7 Å². The molecule has 1 rings (SSSR count). The van der Waals surface area contributed by atoms with Crippen LogP contribution < -0.4 is 0 Å². The van der Waals surface area contributed by atoms with Crippen LogP contribution in [-0.4, -0.2) is 29.6 Å². The fraction of sp³-hybridized carbons (Fsp3) is 0.636. The first kappa shape index (κ1) is 14.3. The second kappa shape index (κ2) is 6.81. The molecular weight excluding hydrogens is 250 g/mol. The topological polar surface area (TPSA) is 35.0 Å². The molecule has 0 aliphatic heterocycles. The summed E-state index contributed by atoms with van der Waals surface area (Å²) in [4.78, 5) is 8.39. The zero-order valence-corrected chi connectivity index (χ0v) is 10.6. The van der Waals surface area contributed by atoms with Crippen molar-refractivity contribution in [3.63, 3.8) is 0 Å². The van der Waals surface area contributed by atoms with E-state index in [1.165, 1.54) is 0 Å². The molecule has 0 fully saturated rings. The van der Waals surface area contributed by atoms with Crippen LogP contribution in [0.1, 0.15) is 24.0 Å². The molecule has 0 saturated heterocycles. The normalized spacial score (nSPS) is 11.2. The molecule has 1 aromatic rings. The molecule has 17 heavy (non-hydrogen) atoms. The number of aromatic nitrogens is 2. The summed E-state index contributed by atoms with van der Waals surface area (Å²) in [7, 11) is 0. The number of halogens is 3. The minimum atomic E-state index is -2.44. The zero-order valence-electron chi connectivity index (χ0n) is 9.84. The molecule has 0 aromatic carbocycles. The summed E-state index contributed by atoms with van der Waals surface area (Å²) in [5, 5.41) is 0.417. The molecule has 0 N–H and O–H groups in total. The molecule has 0 unspecified atom stereocenters. The average molecular weight is 265 g/mol. The minimum Gasteiger partial charge on any atom is -0.375 e. The molecule has 0 bridgehead atoms. The Morgan fingerprint density at radius 2 is 2.06 bits per heavy atom. The molecule has 0 spiro atoms. The Morgan fingerprint density at radius 3 is 2.65 bits per heavy atom. The molecule has 0 atom stereocenters. The van der Waals surface area contributed by atoms with Crippen LogP contribution in [0.3, 0.4) is 0 Å². The van der Waals surface area contributed by atoms with Gasteiger partial charge in [-0.15, -0.1) is 0 Å². The Kier molecular flexibility index (Phi) is 5.71. The van der Waals surface area contributed by atoms with Gasteiger partial charge in [0.2, 0.25) is 0 Å². The number of rotatable bonds is 6. The molecule has 6 heteroatoms. The van der Waals surface area contributed by atoms with E-state index >= 15 is 0 Å². The SMILES string of the molecule is CCc1nc(CCOCC(F)F)nc(Cl)c1C. The summed E-state index contributed by atoms with van der Waals surface area (Å²) in [6.45, 7) is 3.45. The van der Waals surface area contributed by atoms with Gasteiger partial charge in [-0.25, -0.2) is 18.7 Å². The van der Waals surface area contributed by atoms with Crippen molar-refractivity contribution in [1.29, 1.82) is 0 Å². The fourth-order valence-corrected chi connectivity index (χ4v) is 1.58. The first-order valence-corrected chi connectivity index (χ1v) is 5.80. The monoisotopic (exact) mass is 264 g/mol. The molecule has 0 amide bonds. The van der Waals surface area contributed by atoms with Gasteiger partial charge in [0.15, 0.2) is 0 Å². The van der Waals surface area contributed by atoms with Crippen molar-refractivity contribution in [2.24, 2.45) is 0 Å². The van der Waals surface area contributed by atoms with Crippen molar-refractivity contribution in [3.05, 3.63) is 22.2 Å². The maximum atomic E-state index is 11.8. The molecular formula is C11H15ClF2N2O. The first-order chi connectivity index (χ1) is 8.04. The lowest BCUT2D eigenvalue weighted by Gasteiger charge is -2.08. The third-order valence-electron chi connectivity index (χ3n) is 2.28. The van der Waals surface area contributed by atoms with Gasteiger partial charge in [0, 0.05) is 17.7 Å². The maximum absolute atomic E-state index is 11.8. The second-order valence-electron chi connectivity index (χ2n) is 3.57. The van der Waals surface area contributed by atoms with E-state index in [-0.39, 0.29) is 6.61 Å². The Morgan fingerprint density at radius 1 is 1.35 bits per heavy atom. The number of ether oxygens (including phenoxy) is 1. The second-order valence-corrected chi connectivity index (χ2v) is 3.93. The van der Waals surface area contributed by atoms with Gasteiger partial charge >= 0.3 is 0 Å². The third-order valence-corrected chi connectivity index (χ3v) is 2.65. The highest BCUT2D eigenvalue weighted by molar-refractivity contribution is 6.30. The zero-order chi connectivity index (χ0) is 12.8. The van der Waals surface area contributed by atoms with E-state index in [9.17, 15) is 8.78 Å². The van der Waals surface area contributed by atoms with Crippen LogP contribution in [0.2, 0.25) is 5.15 Å². The van der Waals surface area contributed by atoms with Crippen LogP contribution in [0.25, 0.3) is 0 Å². The Labute approximate surface area is 104 Å². The van der Waals surface area contributed by atoms with Crippen molar-refractivity contribution in [2.45, 2.75) is 33.1 Å². The van der Waals surface area contributed by atoms with Gasteiger partial charge in [-0.1, -0.05) is 18.5 Å². The van der Waals surface area contributed by atoms with Gasteiger partial charge in [0.1, 0.15) is 17.6 Å². The van der Waals surface area contributed by atoms with Crippen LogP contribution in [0.5, 0.6) is 0 Å². The fourth-order valence-electron chi connectivity index (χ4n) is 1.37. The van der Waals surface area contributed by atoms with Gasteiger partial charge in [0.05, 0.1) is 6.61 Å². The largest absolute Gasteiger partial charge is 0.375 e. The van der Waals surface area contributed by atoms with Gasteiger partial charge in [-0.2, -0.15) is 0 Å². The van der Waals surface area contributed by atoms with E-state index in [4.69, 9.17) is 16.3 Å². The Balaban J connectivity index is 2.57. The van der Waals surface area contributed by atoms with Gasteiger partial charge in [-0.05, 0) is 13.3 Å². The third kappa shape index (κ3) is 4.52. The van der Waals surface area contributed by atoms with Gasteiger partial charge < -0.3 is 4.74 Å². The molecule has 1 aromatic heterocycles. The summed E-state index contributed by atoms with van der Waals surface area (Å²) in [6.07, 6.45) is -1.29. The summed E-state index contributed by atoms with van der Waals surface area (Å²) < 4.78 is 28.4. The lowest BCUT2D eigenvalue weighted by molar-refractivity contribution is 0.0182. The van der Waals surface area contributed by atoms with E-state index in [1.54, 1.807) is 0 Å². The van der Waals surface area contributed by atoms with Crippen molar-refractivity contribution in [3.8, 4) is 0 Å². The van der Waals surface area contributed by atoms with Crippen molar-refractivity contribution in [2.75, 3.05) is 13.2 Å². The lowest BCUT2D eigenvalue weighted by atomic mass is 10.2. The number of aryl methyl sites for hydroxylation is 1. The average Bonchev–Trinajstić information content (AvgIpc) is 2.28. The van der Waals surface area contributed by atoms with Crippen molar-refractivity contribution in [1.82, 2.24) is 9.97 Å².